The minimum Gasteiger partial charge on any atom is -0.483 e. The van der Waals surface area contributed by atoms with E-state index in [1.165, 1.54) is 25.9 Å². The van der Waals surface area contributed by atoms with Crippen LogP contribution in [0, 0.1) is 5.92 Å². The number of hydrogen-bond acceptors (Lipinski definition) is 4. The van der Waals surface area contributed by atoms with Crippen LogP contribution >= 0.6 is 0 Å². The second-order valence-electron chi connectivity index (χ2n) is 8.18. The fraction of sp³-hybridized carbons (Fsp3) is 0.682. The molecule has 0 aliphatic carbocycles. The van der Waals surface area contributed by atoms with Crippen LogP contribution in [0.15, 0.2) is 24.3 Å². The number of rotatable bonds is 8. The van der Waals surface area contributed by atoms with E-state index in [0.717, 1.165) is 56.3 Å². The molecule has 1 amide bonds. The first kappa shape index (κ1) is 20.2. The predicted molar refractivity (Wildman–Crippen MR) is 109 cm³/mol. The lowest BCUT2D eigenvalue weighted by Gasteiger charge is -2.35. The molecular formula is C22H35N3O2. The number of ether oxygens (including phenoxy) is 1. The first-order chi connectivity index (χ1) is 13.1. The molecule has 2 fully saturated rings. The number of carbonyl (C=O) groups is 1. The zero-order valence-corrected chi connectivity index (χ0v) is 17.0. The normalized spacial score (nSPS) is 20.0. The van der Waals surface area contributed by atoms with Crippen LogP contribution in [-0.2, 0) is 11.3 Å². The number of benzene rings is 1. The van der Waals surface area contributed by atoms with Crippen molar-refractivity contribution in [2.75, 3.05) is 39.3 Å². The number of nitrogens with zero attached hydrogens (tertiary/aromatic N) is 2. The van der Waals surface area contributed by atoms with Crippen LogP contribution in [0.4, 0.5) is 0 Å². The van der Waals surface area contributed by atoms with Gasteiger partial charge in [-0.05, 0) is 57.7 Å². The Balaban J connectivity index is 1.44. The highest BCUT2D eigenvalue weighted by Gasteiger charge is 2.20. The van der Waals surface area contributed by atoms with Crippen molar-refractivity contribution in [1.82, 2.24) is 15.1 Å². The molecule has 3 rings (SSSR count). The highest BCUT2D eigenvalue weighted by molar-refractivity contribution is 5.78. The summed E-state index contributed by atoms with van der Waals surface area (Å²) >= 11 is 0. The van der Waals surface area contributed by atoms with Crippen LogP contribution in [0.5, 0.6) is 5.75 Å². The first-order valence-corrected chi connectivity index (χ1v) is 10.6. The molecule has 27 heavy (non-hydrogen) atoms. The molecule has 1 N–H and O–H groups in total. The number of carbonyl (C=O) groups excluding carboxylic acids is 1. The molecule has 1 aromatic rings. The van der Waals surface area contributed by atoms with Gasteiger partial charge in [0.05, 0.1) is 0 Å². The first-order valence-electron chi connectivity index (χ1n) is 10.6. The van der Waals surface area contributed by atoms with E-state index in [-0.39, 0.29) is 12.5 Å². The van der Waals surface area contributed by atoms with E-state index in [1.54, 1.807) is 0 Å². The Morgan fingerprint density at radius 1 is 1.19 bits per heavy atom. The molecule has 150 valence electrons. The molecule has 1 unspecified atom stereocenters. The second kappa shape index (κ2) is 10.1. The van der Waals surface area contributed by atoms with Gasteiger partial charge in [0.1, 0.15) is 5.75 Å². The van der Waals surface area contributed by atoms with Crippen molar-refractivity contribution in [3.63, 3.8) is 0 Å². The molecule has 2 aliphatic rings. The number of hydrogen-bond donors (Lipinski definition) is 1. The summed E-state index contributed by atoms with van der Waals surface area (Å²) in [6.07, 6.45) is 4.85. The number of nitrogens with one attached hydrogen (secondary N) is 1. The largest absolute Gasteiger partial charge is 0.483 e. The molecule has 0 radical (unpaired) electrons. The highest BCUT2D eigenvalue weighted by atomic mass is 16.5. The molecule has 0 spiro atoms. The van der Waals surface area contributed by atoms with E-state index in [4.69, 9.17) is 4.74 Å². The lowest BCUT2D eigenvalue weighted by atomic mass is 9.98. The lowest BCUT2D eigenvalue weighted by Crippen LogP contribution is -2.44. The van der Waals surface area contributed by atoms with Gasteiger partial charge < -0.3 is 15.0 Å². The van der Waals surface area contributed by atoms with Gasteiger partial charge in [-0.25, -0.2) is 0 Å². The van der Waals surface area contributed by atoms with Crippen LogP contribution in [0.3, 0.4) is 0 Å². The zero-order chi connectivity index (χ0) is 19.1. The van der Waals surface area contributed by atoms with Crippen molar-refractivity contribution >= 4 is 5.91 Å². The van der Waals surface area contributed by atoms with Gasteiger partial charge in [-0.2, -0.15) is 0 Å². The van der Waals surface area contributed by atoms with Crippen LogP contribution in [0.1, 0.15) is 45.1 Å². The summed E-state index contributed by atoms with van der Waals surface area (Å²) in [5.74, 6) is 1.79. The number of likely N-dealkylation sites (tertiary alicyclic amines) is 2. The maximum absolute atomic E-state index is 12.2. The van der Waals surface area contributed by atoms with Gasteiger partial charge in [0.25, 0.3) is 5.91 Å². The quantitative estimate of drug-likeness (QED) is 0.761. The SMILES string of the molecule is CC1CCN(C(C)CNCc2ccccc2OCC(=O)N2CCCC2)CC1. The second-order valence-corrected chi connectivity index (χ2v) is 8.18. The van der Waals surface area contributed by atoms with Crippen molar-refractivity contribution in [2.45, 2.75) is 52.1 Å². The molecule has 5 heteroatoms. The van der Waals surface area contributed by atoms with E-state index in [1.807, 2.05) is 23.1 Å². The van der Waals surface area contributed by atoms with Crippen molar-refractivity contribution in [2.24, 2.45) is 5.92 Å². The Kier molecular flexibility index (Phi) is 7.53. The minimum atomic E-state index is 0.100. The molecule has 0 aromatic heterocycles. The Bertz CT molecular complexity index is 593. The van der Waals surface area contributed by atoms with Crippen molar-refractivity contribution in [3.8, 4) is 5.75 Å². The Morgan fingerprint density at radius 3 is 2.63 bits per heavy atom. The molecule has 1 atom stereocenters. The fourth-order valence-corrected chi connectivity index (χ4v) is 4.00. The predicted octanol–water partition coefficient (Wildman–Crippen LogP) is 2.90. The van der Waals surface area contributed by atoms with Crippen molar-refractivity contribution in [1.29, 1.82) is 0 Å². The van der Waals surface area contributed by atoms with E-state index in [9.17, 15) is 4.79 Å². The van der Waals surface area contributed by atoms with Gasteiger partial charge in [0.15, 0.2) is 6.61 Å². The summed E-state index contributed by atoms with van der Waals surface area (Å²) in [6.45, 7) is 10.7. The molecule has 1 aromatic carbocycles. The lowest BCUT2D eigenvalue weighted by molar-refractivity contribution is -0.132. The summed E-state index contributed by atoms with van der Waals surface area (Å²) < 4.78 is 5.86. The maximum atomic E-state index is 12.2. The third kappa shape index (κ3) is 5.94. The zero-order valence-electron chi connectivity index (χ0n) is 17.0. The highest BCUT2D eigenvalue weighted by Crippen LogP contribution is 2.20. The van der Waals surface area contributed by atoms with Gasteiger partial charge in [-0.15, -0.1) is 0 Å². The van der Waals surface area contributed by atoms with Crippen LogP contribution in [0.2, 0.25) is 0 Å². The van der Waals surface area contributed by atoms with Crippen LogP contribution in [-0.4, -0.2) is 61.1 Å². The van der Waals surface area contributed by atoms with Gasteiger partial charge in [-0.3, -0.25) is 9.69 Å². The van der Waals surface area contributed by atoms with Gasteiger partial charge in [-0.1, -0.05) is 25.1 Å². The minimum absolute atomic E-state index is 0.100. The standard InChI is InChI=1S/C22H35N3O2/c1-18-9-13-24(14-10-18)19(2)15-23-16-20-7-3-4-8-21(20)27-17-22(26)25-11-5-6-12-25/h3-4,7-8,18-19,23H,5-6,9-17H2,1-2H3. The van der Waals surface area contributed by atoms with Gasteiger partial charge in [0.2, 0.25) is 0 Å². The third-order valence-corrected chi connectivity index (χ3v) is 5.98. The number of piperidine rings is 1. The van der Waals surface area contributed by atoms with E-state index in [0.29, 0.717) is 6.04 Å². The van der Waals surface area contributed by atoms with Gasteiger partial charge >= 0.3 is 0 Å². The molecule has 2 heterocycles. The molecule has 0 saturated carbocycles. The monoisotopic (exact) mass is 373 g/mol. The maximum Gasteiger partial charge on any atom is 0.260 e. The van der Waals surface area contributed by atoms with Crippen molar-refractivity contribution in [3.05, 3.63) is 29.8 Å². The van der Waals surface area contributed by atoms with Crippen LogP contribution in [0.25, 0.3) is 0 Å². The fourth-order valence-electron chi connectivity index (χ4n) is 4.00. The summed E-state index contributed by atoms with van der Waals surface area (Å²) in [5.41, 5.74) is 1.12. The Hall–Kier alpha value is -1.59. The Morgan fingerprint density at radius 2 is 1.89 bits per heavy atom. The van der Waals surface area contributed by atoms with Crippen LogP contribution < -0.4 is 10.1 Å². The molecular weight excluding hydrogens is 338 g/mol. The average Bonchev–Trinajstić information content (AvgIpc) is 3.22. The van der Waals surface area contributed by atoms with Crippen molar-refractivity contribution < 1.29 is 9.53 Å². The number of para-hydroxylation sites is 1. The molecule has 2 saturated heterocycles. The summed E-state index contributed by atoms with van der Waals surface area (Å²) in [7, 11) is 0. The van der Waals surface area contributed by atoms with E-state index >= 15 is 0 Å². The average molecular weight is 374 g/mol. The number of amides is 1. The van der Waals surface area contributed by atoms with Gasteiger partial charge in [0, 0.05) is 37.8 Å². The topological polar surface area (TPSA) is 44.8 Å². The summed E-state index contributed by atoms with van der Waals surface area (Å²) in [6, 6.07) is 8.58. The third-order valence-electron chi connectivity index (χ3n) is 5.98. The molecule has 0 bridgehead atoms. The Labute approximate surface area is 164 Å². The van der Waals surface area contributed by atoms with E-state index < -0.39 is 0 Å². The molecule has 5 nitrogen and oxygen atoms in total. The summed E-state index contributed by atoms with van der Waals surface area (Å²) in [4.78, 5) is 16.7. The molecule has 2 aliphatic heterocycles. The summed E-state index contributed by atoms with van der Waals surface area (Å²) in [5, 5.41) is 3.58. The smallest absolute Gasteiger partial charge is 0.260 e. The van der Waals surface area contributed by atoms with E-state index in [2.05, 4.69) is 30.1 Å².